The van der Waals surface area contributed by atoms with Crippen LogP contribution in [-0.4, -0.2) is 14.5 Å². The van der Waals surface area contributed by atoms with Crippen LogP contribution in [0.3, 0.4) is 0 Å². The van der Waals surface area contributed by atoms with Crippen LogP contribution in [0.15, 0.2) is 35.1 Å². The van der Waals surface area contributed by atoms with Gasteiger partial charge in [0, 0.05) is 10.7 Å². The number of alkyl halides is 1. The van der Waals surface area contributed by atoms with E-state index < -0.39 is 0 Å². The molecular weight excluding hydrogens is 384 g/mol. The molecule has 0 amide bonds. The molecule has 2 heterocycles. The maximum atomic E-state index is 6.35. The molecule has 0 bridgehead atoms. The molecule has 3 nitrogen and oxygen atoms in total. The van der Waals surface area contributed by atoms with Crippen molar-refractivity contribution in [3.05, 3.63) is 50.9 Å². The van der Waals surface area contributed by atoms with E-state index in [9.17, 15) is 0 Å². The maximum Gasteiger partial charge on any atom is 0.129 e. The van der Waals surface area contributed by atoms with Crippen LogP contribution < -0.4 is 0 Å². The number of aromatic nitrogens is 3. The normalized spacial score (nSPS) is 11.2. The predicted molar refractivity (Wildman–Crippen MR) is 86.1 cm³/mol. The van der Waals surface area contributed by atoms with Crippen molar-refractivity contribution in [2.24, 2.45) is 0 Å². The molecule has 3 rings (SSSR count). The summed E-state index contributed by atoms with van der Waals surface area (Å²) in [5.41, 5.74) is 2.39. The van der Waals surface area contributed by atoms with Crippen LogP contribution in [-0.2, 0) is 5.88 Å². The van der Waals surface area contributed by atoms with Crippen molar-refractivity contribution in [2.45, 2.75) is 5.88 Å². The van der Waals surface area contributed by atoms with Gasteiger partial charge in [0.05, 0.1) is 33.3 Å². The molecule has 0 aliphatic carbocycles. The smallest absolute Gasteiger partial charge is 0.129 e. The average Bonchev–Trinajstić information content (AvgIpc) is 2.84. The monoisotopic (exact) mass is 389 g/mol. The highest BCUT2D eigenvalue weighted by molar-refractivity contribution is 9.10. The number of rotatable bonds is 2. The molecule has 3 aromatic rings. The molecule has 0 aliphatic heterocycles. The van der Waals surface area contributed by atoms with Crippen LogP contribution in [0.5, 0.6) is 0 Å². The Labute approximate surface area is 138 Å². The summed E-state index contributed by atoms with van der Waals surface area (Å²) in [5, 5.41) is 0.907. The van der Waals surface area contributed by atoms with Crippen LogP contribution >= 0.6 is 50.7 Å². The van der Waals surface area contributed by atoms with Crippen LogP contribution in [0.4, 0.5) is 0 Å². The minimum absolute atomic E-state index is 0.263. The lowest BCUT2D eigenvalue weighted by molar-refractivity contribution is 0.982. The topological polar surface area (TPSA) is 30.7 Å². The molecule has 0 saturated heterocycles. The number of benzene rings is 1. The van der Waals surface area contributed by atoms with E-state index in [0.717, 1.165) is 21.2 Å². The van der Waals surface area contributed by atoms with Gasteiger partial charge in [-0.05, 0) is 34.1 Å². The van der Waals surface area contributed by atoms with E-state index in [1.807, 2.05) is 22.8 Å². The molecule has 102 valence electrons. The van der Waals surface area contributed by atoms with Crippen LogP contribution in [0.2, 0.25) is 10.0 Å². The van der Waals surface area contributed by atoms with Gasteiger partial charge in [-0.2, -0.15) is 0 Å². The third kappa shape index (κ3) is 2.21. The lowest BCUT2D eigenvalue weighted by Gasteiger charge is -2.11. The summed E-state index contributed by atoms with van der Waals surface area (Å²) in [6, 6.07) is 5.58. The molecule has 0 N–H and O–H groups in total. The Kier molecular flexibility index (Phi) is 3.91. The number of nitrogens with zero attached hydrogens (tertiary/aromatic N) is 3. The number of hydrogen-bond acceptors (Lipinski definition) is 2. The Morgan fingerprint density at radius 1 is 1.15 bits per heavy atom. The Morgan fingerprint density at radius 3 is 2.70 bits per heavy atom. The summed E-state index contributed by atoms with van der Waals surface area (Å²) in [6.07, 6.45) is 3.39. The van der Waals surface area contributed by atoms with E-state index in [0.29, 0.717) is 15.9 Å². The van der Waals surface area contributed by atoms with Crippen molar-refractivity contribution in [3.8, 4) is 5.69 Å². The quantitative estimate of drug-likeness (QED) is 0.442. The standard InChI is InChI=1S/C13H7BrCl3N3/c14-7-1-2-10(13(17)12(7)16)20-9-3-4-18-6-8(9)19-11(20)5-15/h1-4,6H,5H2. The van der Waals surface area contributed by atoms with E-state index >= 15 is 0 Å². The second-order valence-corrected chi connectivity index (χ2v) is 5.93. The van der Waals surface area contributed by atoms with Gasteiger partial charge < -0.3 is 0 Å². The van der Waals surface area contributed by atoms with Crippen molar-refractivity contribution < 1.29 is 0 Å². The fraction of sp³-hybridized carbons (Fsp3) is 0.0769. The molecule has 1 aromatic carbocycles. The lowest BCUT2D eigenvalue weighted by atomic mass is 10.3. The molecule has 0 radical (unpaired) electrons. The highest BCUT2D eigenvalue weighted by atomic mass is 79.9. The van der Waals surface area contributed by atoms with Crippen molar-refractivity contribution in [1.82, 2.24) is 14.5 Å². The summed E-state index contributed by atoms with van der Waals surface area (Å²) < 4.78 is 2.64. The number of pyridine rings is 1. The van der Waals surface area contributed by atoms with E-state index in [1.54, 1.807) is 12.4 Å². The molecule has 2 aromatic heterocycles. The first-order chi connectivity index (χ1) is 9.63. The van der Waals surface area contributed by atoms with Gasteiger partial charge in [-0.15, -0.1) is 11.6 Å². The van der Waals surface area contributed by atoms with E-state index in [4.69, 9.17) is 34.8 Å². The summed E-state index contributed by atoms with van der Waals surface area (Å²) >= 11 is 21.9. The molecular formula is C13H7BrCl3N3. The second-order valence-electron chi connectivity index (χ2n) is 4.06. The van der Waals surface area contributed by atoms with Gasteiger partial charge in [0.1, 0.15) is 11.3 Å². The number of hydrogen-bond donors (Lipinski definition) is 0. The van der Waals surface area contributed by atoms with Gasteiger partial charge in [-0.3, -0.25) is 9.55 Å². The fourth-order valence-electron chi connectivity index (χ4n) is 2.03. The van der Waals surface area contributed by atoms with E-state index in [2.05, 4.69) is 25.9 Å². The third-order valence-electron chi connectivity index (χ3n) is 2.90. The van der Waals surface area contributed by atoms with Gasteiger partial charge >= 0.3 is 0 Å². The van der Waals surface area contributed by atoms with Gasteiger partial charge in [0.2, 0.25) is 0 Å². The predicted octanol–water partition coefficient (Wildman–Crippen LogP) is 5.23. The second kappa shape index (κ2) is 5.53. The molecule has 0 fully saturated rings. The largest absolute Gasteiger partial charge is 0.294 e. The van der Waals surface area contributed by atoms with Crippen molar-refractivity contribution >= 4 is 61.8 Å². The summed E-state index contributed by atoms with van der Waals surface area (Å²) in [7, 11) is 0. The summed E-state index contributed by atoms with van der Waals surface area (Å²) in [5.74, 6) is 0.952. The Bertz CT molecular complexity index is 801. The minimum atomic E-state index is 0.263. The fourth-order valence-corrected chi connectivity index (χ4v) is 3.06. The third-order valence-corrected chi connectivity index (χ3v) is 4.90. The Balaban J connectivity index is 2.37. The lowest BCUT2D eigenvalue weighted by Crippen LogP contribution is -2.00. The molecule has 0 spiro atoms. The zero-order valence-electron chi connectivity index (χ0n) is 9.95. The molecule has 0 aliphatic rings. The highest BCUT2D eigenvalue weighted by Crippen LogP contribution is 2.36. The van der Waals surface area contributed by atoms with Gasteiger partial charge in [-0.1, -0.05) is 23.2 Å². The van der Waals surface area contributed by atoms with Crippen LogP contribution in [0.25, 0.3) is 16.7 Å². The summed E-state index contributed by atoms with van der Waals surface area (Å²) in [6.45, 7) is 0. The number of imidazole rings is 1. The van der Waals surface area contributed by atoms with Gasteiger partial charge in [0.25, 0.3) is 0 Å². The van der Waals surface area contributed by atoms with E-state index in [1.165, 1.54) is 0 Å². The van der Waals surface area contributed by atoms with Gasteiger partial charge in [-0.25, -0.2) is 4.98 Å². The molecule has 0 saturated carbocycles. The molecule has 0 atom stereocenters. The van der Waals surface area contributed by atoms with Crippen molar-refractivity contribution in [3.63, 3.8) is 0 Å². The van der Waals surface area contributed by atoms with Crippen LogP contribution in [0.1, 0.15) is 5.82 Å². The van der Waals surface area contributed by atoms with E-state index in [-0.39, 0.29) is 5.88 Å². The first kappa shape index (κ1) is 14.1. The average molecular weight is 391 g/mol. The van der Waals surface area contributed by atoms with Crippen LogP contribution in [0, 0.1) is 0 Å². The summed E-state index contributed by atoms with van der Waals surface area (Å²) in [4.78, 5) is 8.52. The Hall–Kier alpha value is -0.810. The first-order valence-electron chi connectivity index (χ1n) is 5.64. The van der Waals surface area contributed by atoms with Gasteiger partial charge in [0.15, 0.2) is 0 Å². The SMILES string of the molecule is ClCc1nc2cnccc2n1-c1ccc(Br)c(Cl)c1Cl. The molecule has 7 heteroatoms. The maximum absolute atomic E-state index is 6.35. The van der Waals surface area contributed by atoms with Crippen molar-refractivity contribution in [2.75, 3.05) is 0 Å². The molecule has 0 unspecified atom stereocenters. The Morgan fingerprint density at radius 2 is 1.95 bits per heavy atom. The number of fused-ring (bicyclic) bond motifs is 1. The zero-order chi connectivity index (χ0) is 14.3. The molecule has 20 heavy (non-hydrogen) atoms. The minimum Gasteiger partial charge on any atom is -0.294 e. The highest BCUT2D eigenvalue weighted by Gasteiger charge is 2.16. The van der Waals surface area contributed by atoms with Crippen molar-refractivity contribution in [1.29, 1.82) is 0 Å². The first-order valence-corrected chi connectivity index (χ1v) is 7.73. The zero-order valence-corrected chi connectivity index (χ0v) is 13.8. The number of halogens is 4.